The van der Waals surface area contributed by atoms with Gasteiger partial charge in [0.25, 0.3) is 5.91 Å². The SMILES string of the molecule is CCNC(=O)c1ccc2c(c1)[C@H]1[C@H]3CC[C@@H](C3)[C@H]1[C@H](c1ccccc1)N2. The molecule has 3 heteroatoms. The minimum atomic E-state index is 0.0418. The van der Waals surface area contributed by atoms with Crippen molar-refractivity contribution in [1.29, 1.82) is 0 Å². The van der Waals surface area contributed by atoms with Gasteiger partial charge >= 0.3 is 0 Å². The van der Waals surface area contributed by atoms with Crippen molar-refractivity contribution < 1.29 is 4.79 Å². The van der Waals surface area contributed by atoms with Crippen molar-refractivity contribution in [1.82, 2.24) is 5.32 Å². The van der Waals surface area contributed by atoms with Gasteiger partial charge in [0.05, 0.1) is 6.04 Å². The molecule has 2 bridgehead atoms. The van der Waals surface area contributed by atoms with E-state index in [4.69, 9.17) is 0 Å². The maximum Gasteiger partial charge on any atom is 0.251 e. The maximum absolute atomic E-state index is 12.3. The minimum Gasteiger partial charge on any atom is -0.378 e. The molecule has 0 spiro atoms. The summed E-state index contributed by atoms with van der Waals surface area (Å²) in [4.78, 5) is 12.3. The van der Waals surface area contributed by atoms with Crippen LogP contribution in [0.1, 0.15) is 59.6 Å². The van der Waals surface area contributed by atoms with Crippen LogP contribution in [0.25, 0.3) is 0 Å². The quantitative estimate of drug-likeness (QED) is 0.843. The molecule has 1 aliphatic heterocycles. The van der Waals surface area contributed by atoms with Crippen LogP contribution < -0.4 is 10.6 Å². The fourth-order valence-electron chi connectivity index (χ4n) is 5.88. The Morgan fingerprint density at radius 3 is 2.73 bits per heavy atom. The Bertz CT molecular complexity index is 831. The van der Waals surface area contributed by atoms with Crippen LogP contribution in [0.3, 0.4) is 0 Å². The molecule has 0 radical (unpaired) electrons. The molecule has 5 rings (SSSR count). The van der Waals surface area contributed by atoms with Gasteiger partial charge in [-0.3, -0.25) is 4.79 Å². The molecule has 26 heavy (non-hydrogen) atoms. The summed E-state index contributed by atoms with van der Waals surface area (Å²) >= 11 is 0. The molecule has 0 saturated heterocycles. The van der Waals surface area contributed by atoms with Gasteiger partial charge in [-0.15, -0.1) is 0 Å². The highest BCUT2D eigenvalue weighted by Gasteiger charge is 2.53. The number of nitrogens with one attached hydrogen (secondary N) is 2. The summed E-state index contributed by atoms with van der Waals surface area (Å²) in [5, 5.41) is 6.77. The average molecular weight is 346 g/mol. The lowest BCUT2D eigenvalue weighted by atomic mass is 9.68. The highest BCUT2D eigenvalue weighted by Crippen LogP contribution is 2.63. The second-order valence-electron chi connectivity index (χ2n) is 8.13. The molecule has 3 aliphatic rings. The first-order valence-corrected chi connectivity index (χ1v) is 10.00. The van der Waals surface area contributed by atoms with Crippen molar-refractivity contribution in [3.63, 3.8) is 0 Å². The third-order valence-corrected chi connectivity index (χ3v) is 6.85. The monoisotopic (exact) mass is 346 g/mol. The second kappa shape index (κ2) is 6.15. The summed E-state index contributed by atoms with van der Waals surface area (Å²) in [5.41, 5.74) is 4.79. The number of benzene rings is 2. The van der Waals surface area contributed by atoms with Crippen LogP contribution >= 0.6 is 0 Å². The zero-order valence-corrected chi connectivity index (χ0v) is 15.2. The van der Waals surface area contributed by atoms with Crippen LogP contribution in [0, 0.1) is 17.8 Å². The van der Waals surface area contributed by atoms with E-state index in [1.807, 2.05) is 13.0 Å². The second-order valence-corrected chi connectivity index (χ2v) is 8.13. The van der Waals surface area contributed by atoms with E-state index in [0.29, 0.717) is 24.4 Å². The van der Waals surface area contributed by atoms with Crippen LogP contribution in [0.5, 0.6) is 0 Å². The zero-order chi connectivity index (χ0) is 17.7. The van der Waals surface area contributed by atoms with E-state index in [2.05, 4.69) is 53.1 Å². The molecule has 5 atom stereocenters. The maximum atomic E-state index is 12.3. The topological polar surface area (TPSA) is 41.1 Å². The normalized spacial score (nSPS) is 31.0. The van der Waals surface area contributed by atoms with Crippen molar-refractivity contribution in [3.8, 4) is 0 Å². The molecular formula is C23H26N2O. The molecule has 2 aromatic rings. The molecule has 2 aliphatic carbocycles. The van der Waals surface area contributed by atoms with Crippen molar-refractivity contribution in [3.05, 3.63) is 65.2 Å². The van der Waals surface area contributed by atoms with Crippen molar-refractivity contribution in [2.75, 3.05) is 11.9 Å². The van der Waals surface area contributed by atoms with E-state index >= 15 is 0 Å². The Kier molecular flexibility index (Phi) is 3.77. The van der Waals surface area contributed by atoms with Gasteiger partial charge in [-0.25, -0.2) is 0 Å². The Morgan fingerprint density at radius 1 is 1.12 bits per heavy atom. The first-order valence-electron chi connectivity index (χ1n) is 10.00. The average Bonchev–Trinajstić information content (AvgIpc) is 3.30. The highest BCUT2D eigenvalue weighted by molar-refractivity contribution is 5.95. The molecule has 2 fully saturated rings. The molecule has 2 N–H and O–H groups in total. The third kappa shape index (κ3) is 2.37. The van der Waals surface area contributed by atoms with Gasteiger partial charge in [-0.1, -0.05) is 30.3 Å². The summed E-state index contributed by atoms with van der Waals surface area (Å²) in [6.07, 6.45) is 4.06. The summed E-state index contributed by atoms with van der Waals surface area (Å²) in [6.45, 7) is 2.63. The van der Waals surface area contributed by atoms with Gasteiger partial charge in [-0.2, -0.15) is 0 Å². The lowest BCUT2D eigenvalue weighted by Crippen LogP contribution is -2.35. The number of carbonyl (C=O) groups is 1. The van der Waals surface area contributed by atoms with E-state index in [9.17, 15) is 4.79 Å². The number of rotatable bonds is 3. The molecule has 0 unspecified atom stereocenters. The molecule has 1 heterocycles. The number of hydrogen-bond acceptors (Lipinski definition) is 2. The molecular weight excluding hydrogens is 320 g/mol. The molecule has 1 amide bonds. The number of fused-ring (bicyclic) bond motifs is 7. The summed E-state index contributed by atoms with van der Waals surface area (Å²) in [6, 6.07) is 17.5. The lowest BCUT2D eigenvalue weighted by Gasteiger charge is -2.43. The van der Waals surface area contributed by atoms with Gasteiger partial charge in [0.2, 0.25) is 0 Å². The smallest absolute Gasteiger partial charge is 0.251 e. The number of amides is 1. The Hall–Kier alpha value is -2.29. The first-order chi connectivity index (χ1) is 12.8. The van der Waals surface area contributed by atoms with Gasteiger partial charge in [0.1, 0.15) is 0 Å². The first kappa shape index (κ1) is 15.9. The predicted molar refractivity (Wildman–Crippen MR) is 104 cm³/mol. The third-order valence-electron chi connectivity index (χ3n) is 6.85. The molecule has 2 aromatic carbocycles. The number of carbonyl (C=O) groups excluding carboxylic acids is 1. The van der Waals surface area contributed by atoms with Crippen LogP contribution in [-0.4, -0.2) is 12.5 Å². The molecule has 2 saturated carbocycles. The van der Waals surface area contributed by atoms with Gasteiger partial charge in [-0.05, 0) is 79.2 Å². The fourth-order valence-corrected chi connectivity index (χ4v) is 5.88. The summed E-state index contributed by atoms with van der Waals surface area (Å²) in [7, 11) is 0. The Balaban J connectivity index is 1.58. The highest BCUT2D eigenvalue weighted by atomic mass is 16.1. The van der Waals surface area contributed by atoms with Gasteiger partial charge in [0.15, 0.2) is 0 Å². The van der Waals surface area contributed by atoms with Crippen LogP contribution in [0.4, 0.5) is 5.69 Å². The van der Waals surface area contributed by atoms with E-state index < -0.39 is 0 Å². The standard InChI is InChI=1S/C23H26N2O/c1-2-24-23(26)17-10-11-19-18(13-17)20-15-8-9-16(12-15)21(20)22(25-19)14-6-4-3-5-7-14/h3-7,10-11,13,15-16,20-22,25H,2,8-9,12H2,1H3,(H,24,26)/t15-,16-,20+,21+,22-/m0/s1. The van der Waals surface area contributed by atoms with Crippen molar-refractivity contribution in [2.24, 2.45) is 17.8 Å². The van der Waals surface area contributed by atoms with E-state index in [1.54, 1.807) is 0 Å². The van der Waals surface area contributed by atoms with Crippen LogP contribution in [0.2, 0.25) is 0 Å². The van der Waals surface area contributed by atoms with E-state index in [0.717, 1.165) is 17.4 Å². The molecule has 0 aromatic heterocycles. The van der Waals surface area contributed by atoms with Crippen molar-refractivity contribution >= 4 is 11.6 Å². The van der Waals surface area contributed by atoms with Crippen molar-refractivity contribution in [2.45, 2.75) is 38.1 Å². The summed E-state index contributed by atoms with van der Waals surface area (Å²) < 4.78 is 0. The van der Waals surface area contributed by atoms with E-state index in [1.165, 1.54) is 36.1 Å². The zero-order valence-electron chi connectivity index (χ0n) is 15.2. The number of hydrogen-bond donors (Lipinski definition) is 2. The number of anilines is 1. The Morgan fingerprint density at radius 2 is 1.92 bits per heavy atom. The van der Waals surface area contributed by atoms with Crippen LogP contribution in [0.15, 0.2) is 48.5 Å². The minimum absolute atomic E-state index is 0.0418. The van der Waals surface area contributed by atoms with Crippen LogP contribution in [-0.2, 0) is 0 Å². The molecule has 3 nitrogen and oxygen atoms in total. The predicted octanol–water partition coefficient (Wildman–Crippen LogP) is 4.73. The fraction of sp³-hybridized carbons (Fsp3) is 0.435. The van der Waals surface area contributed by atoms with Gasteiger partial charge in [0, 0.05) is 17.8 Å². The van der Waals surface area contributed by atoms with Gasteiger partial charge < -0.3 is 10.6 Å². The largest absolute Gasteiger partial charge is 0.378 e. The summed E-state index contributed by atoms with van der Waals surface area (Å²) in [5.74, 6) is 2.86. The lowest BCUT2D eigenvalue weighted by molar-refractivity contribution is 0.0955. The van der Waals surface area contributed by atoms with E-state index in [-0.39, 0.29) is 5.91 Å². The Labute approximate surface area is 155 Å². The molecule has 134 valence electrons.